The Bertz CT molecular complexity index is 601. The van der Waals surface area contributed by atoms with Crippen LogP contribution in [0.1, 0.15) is 39.3 Å². The molecule has 0 saturated heterocycles. The van der Waals surface area contributed by atoms with E-state index in [4.69, 9.17) is 9.47 Å². The lowest BCUT2D eigenvalue weighted by atomic mass is 9.82. The Kier molecular flexibility index (Phi) is 5.74. The van der Waals surface area contributed by atoms with Gasteiger partial charge in [-0.25, -0.2) is 0 Å². The molecule has 2 aromatic rings. The van der Waals surface area contributed by atoms with Gasteiger partial charge in [-0.1, -0.05) is 15.9 Å². The third-order valence-corrected chi connectivity index (χ3v) is 5.10. The second-order valence-corrected chi connectivity index (χ2v) is 6.70. The van der Waals surface area contributed by atoms with E-state index in [1.807, 2.05) is 0 Å². The summed E-state index contributed by atoms with van der Waals surface area (Å²) in [4.78, 5) is 0. The number of hydrogen-bond donors (Lipinski definition) is 0. The van der Waals surface area contributed by atoms with Crippen molar-refractivity contribution in [3.63, 3.8) is 0 Å². The first-order chi connectivity index (χ1) is 10.9. The number of alkyl halides is 1. The molecular formula is C20H25BrO2. The molecule has 0 amide bonds. The monoisotopic (exact) mass is 376 g/mol. The molecule has 0 radical (unpaired) electrons. The van der Waals surface area contributed by atoms with Crippen LogP contribution in [0.2, 0.25) is 0 Å². The number of ether oxygens (including phenoxy) is 2. The molecule has 3 heteroatoms. The summed E-state index contributed by atoms with van der Waals surface area (Å²) in [6.07, 6.45) is 0. The lowest BCUT2D eigenvalue weighted by molar-refractivity contribution is 0.413. The smallest absolute Gasteiger partial charge is 0.119 e. The predicted octanol–water partition coefficient (Wildman–Crippen LogP) is 5.46. The van der Waals surface area contributed by atoms with Gasteiger partial charge in [0.25, 0.3) is 0 Å². The molecule has 2 nitrogen and oxygen atoms in total. The van der Waals surface area contributed by atoms with Crippen LogP contribution in [0.4, 0.5) is 0 Å². The first-order valence-corrected chi connectivity index (χ1v) is 8.91. The van der Waals surface area contributed by atoms with E-state index in [1.54, 1.807) is 14.2 Å². The first kappa shape index (κ1) is 17.9. The molecule has 0 fully saturated rings. The van der Waals surface area contributed by atoms with E-state index in [-0.39, 0.29) is 0 Å². The molecule has 0 spiro atoms. The fourth-order valence-electron chi connectivity index (χ4n) is 3.50. The molecule has 0 saturated carbocycles. The van der Waals surface area contributed by atoms with Gasteiger partial charge < -0.3 is 9.47 Å². The molecule has 0 bridgehead atoms. The van der Waals surface area contributed by atoms with E-state index >= 15 is 0 Å². The molecule has 0 aliphatic rings. The van der Waals surface area contributed by atoms with Crippen LogP contribution in [0.25, 0.3) is 0 Å². The van der Waals surface area contributed by atoms with Gasteiger partial charge in [0.05, 0.1) is 14.2 Å². The third-order valence-electron chi connectivity index (χ3n) is 4.46. The summed E-state index contributed by atoms with van der Waals surface area (Å²) in [5.74, 6) is 2.15. The summed E-state index contributed by atoms with van der Waals surface area (Å²) in [6, 6.07) is 8.47. The Hall–Kier alpha value is -1.48. The Morgan fingerprint density at radius 3 is 1.26 bits per heavy atom. The highest BCUT2D eigenvalue weighted by molar-refractivity contribution is 9.09. The fourth-order valence-corrected chi connectivity index (χ4v) is 4.15. The summed E-state index contributed by atoms with van der Waals surface area (Å²) < 4.78 is 10.8. The normalized spacial score (nSPS) is 11.0. The molecule has 2 rings (SSSR count). The minimum absolute atomic E-state index is 0.312. The SMILES string of the molecule is COc1cc(C)c(C(CBr)c2c(C)cc(OC)cc2C)c(C)c1. The highest BCUT2D eigenvalue weighted by Crippen LogP contribution is 2.38. The van der Waals surface area contributed by atoms with Crippen molar-refractivity contribution in [3.05, 3.63) is 57.6 Å². The Morgan fingerprint density at radius 1 is 0.739 bits per heavy atom. The van der Waals surface area contributed by atoms with Gasteiger partial charge in [-0.15, -0.1) is 0 Å². The van der Waals surface area contributed by atoms with Gasteiger partial charge in [-0.2, -0.15) is 0 Å². The minimum atomic E-state index is 0.312. The molecule has 0 unspecified atom stereocenters. The zero-order chi connectivity index (χ0) is 17.1. The Labute approximate surface area is 148 Å². The van der Waals surface area contributed by atoms with Crippen molar-refractivity contribution < 1.29 is 9.47 Å². The number of benzene rings is 2. The number of rotatable bonds is 5. The van der Waals surface area contributed by atoms with Gasteiger partial charge in [0.1, 0.15) is 11.5 Å². The van der Waals surface area contributed by atoms with E-state index in [0.717, 1.165) is 16.8 Å². The van der Waals surface area contributed by atoms with Crippen LogP contribution in [0, 0.1) is 27.7 Å². The van der Waals surface area contributed by atoms with Crippen molar-refractivity contribution >= 4 is 15.9 Å². The number of methoxy groups -OCH3 is 2. The van der Waals surface area contributed by atoms with E-state index in [0.29, 0.717) is 5.92 Å². The van der Waals surface area contributed by atoms with Crippen LogP contribution in [0.15, 0.2) is 24.3 Å². The van der Waals surface area contributed by atoms with Crippen molar-refractivity contribution in [1.29, 1.82) is 0 Å². The van der Waals surface area contributed by atoms with Crippen molar-refractivity contribution in [3.8, 4) is 11.5 Å². The molecule has 0 aliphatic carbocycles. The molecule has 2 aromatic carbocycles. The van der Waals surface area contributed by atoms with Gasteiger partial charge in [0, 0.05) is 11.2 Å². The van der Waals surface area contributed by atoms with Crippen LogP contribution in [0.3, 0.4) is 0 Å². The van der Waals surface area contributed by atoms with E-state index in [2.05, 4.69) is 67.9 Å². The summed E-state index contributed by atoms with van der Waals surface area (Å²) in [6.45, 7) is 8.65. The summed E-state index contributed by atoms with van der Waals surface area (Å²) in [5, 5.41) is 0.884. The number of aryl methyl sites for hydroxylation is 4. The maximum atomic E-state index is 5.40. The van der Waals surface area contributed by atoms with Crippen LogP contribution in [-0.4, -0.2) is 19.5 Å². The number of halogens is 1. The molecule has 0 N–H and O–H groups in total. The maximum absolute atomic E-state index is 5.40. The standard InChI is InChI=1S/C20H25BrO2/c1-12-7-16(22-5)8-13(2)19(12)18(11-21)20-14(3)9-17(23-6)10-15(20)4/h7-10,18H,11H2,1-6H3. The zero-order valence-electron chi connectivity index (χ0n) is 14.8. The Balaban J connectivity index is 2.62. The van der Waals surface area contributed by atoms with Gasteiger partial charge >= 0.3 is 0 Å². The molecule has 124 valence electrons. The number of hydrogen-bond acceptors (Lipinski definition) is 2. The second-order valence-electron chi connectivity index (χ2n) is 6.06. The van der Waals surface area contributed by atoms with Crippen molar-refractivity contribution in [2.45, 2.75) is 33.6 Å². The summed E-state index contributed by atoms with van der Waals surface area (Å²) in [7, 11) is 3.43. The van der Waals surface area contributed by atoms with Crippen molar-refractivity contribution in [1.82, 2.24) is 0 Å². The molecule has 0 heterocycles. The average Bonchev–Trinajstić information content (AvgIpc) is 2.51. The topological polar surface area (TPSA) is 18.5 Å². The summed E-state index contributed by atoms with van der Waals surface area (Å²) >= 11 is 3.73. The largest absolute Gasteiger partial charge is 0.497 e. The predicted molar refractivity (Wildman–Crippen MR) is 101 cm³/mol. The molecule has 0 aromatic heterocycles. The maximum Gasteiger partial charge on any atom is 0.119 e. The van der Waals surface area contributed by atoms with Crippen LogP contribution in [0.5, 0.6) is 11.5 Å². The third kappa shape index (κ3) is 3.55. The average molecular weight is 377 g/mol. The lowest BCUT2D eigenvalue weighted by Crippen LogP contribution is -2.11. The Morgan fingerprint density at radius 2 is 1.04 bits per heavy atom. The zero-order valence-corrected chi connectivity index (χ0v) is 16.4. The molecular weight excluding hydrogens is 352 g/mol. The summed E-state index contributed by atoms with van der Waals surface area (Å²) in [5.41, 5.74) is 7.81. The molecule has 23 heavy (non-hydrogen) atoms. The van der Waals surface area contributed by atoms with Crippen molar-refractivity contribution in [2.24, 2.45) is 0 Å². The van der Waals surface area contributed by atoms with Gasteiger partial charge in [-0.3, -0.25) is 0 Å². The van der Waals surface area contributed by atoms with Gasteiger partial charge in [0.15, 0.2) is 0 Å². The first-order valence-electron chi connectivity index (χ1n) is 7.79. The molecule has 0 atom stereocenters. The second kappa shape index (κ2) is 7.39. The van der Waals surface area contributed by atoms with Crippen molar-refractivity contribution in [2.75, 3.05) is 19.5 Å². The highest BCUT2D eigenvalue weighted by Gasteiger charge is 2.22. The minimum Gasteiger partial charge on any atom is -0.497 e. The van der Waals surface area contributed by atoms with Crippen LogP contribution < -0.4 is 9.47 Å². The highest BCUT2D eigenvalue weighted by atomic mass is 79.9. The van der Waals surface area contributed by atoms with E-state index in [9.17, 15) is 0 Å². The van der Waals surface area contributed by atoms with Gasteiger partial charge in [0.2, 0.25) is 0 Å². The quantitative estimate of drug-likeness (QED) is 0.644. The molecule has 0 aliphatic heterocycles. The fraction of sp³-hybridized carbons (Fsp3) is 0.400. The lowest BCUT2D eigenvalue weighted by Gasteiger charge is -2.25. The van der Waals surface area contributed by atoms with Crippen LogP contribution >= 0.6 is 15.9 Å². The van der Waals surface area contributed by atoms with E-state index < -0.39 is 0 Å². The van der Waals surface area contributed by atoms with E-state index in [1.165, 1.54) is 33.4 Å². The van der Waals surface area contributed by atoms with Crippen LogP contribution in [-0.2, 0) is 0 Å². The van der Waals surface area contributed by atoms with Gasteiger partial charge in [-0.05, 0) is 85.3 Å².